The molecule has 7 nitrogen and oxygen atoms in total. The Morgan fingerprint density at radius 1 is 1.45 bits per heavy atom. The molecular weight excluding hydrogens is 267 g/mol. The van der Waals surface area contributed by atoms with Gasteiger partial charge < -0.3 is 5.11 Å². The molecule has 2 aromatic heterocycles. The van der Waals surface area contributed by atoms with Crippen molar-refractivity contribution in [3.8, 4) is 11.4 Å². The monoisotopic (exact) mass is 278 g/mol. The van der Waals surface area contributed by atoms with Crippen LogP contribution in [0.3, 0.4) is 0 Å². The van der Waals surface area contributed by atoms with Crippen LogP contribution < -0.4 is 0 Å². The third-order valence-corrected chi connectivity index (χ3v) is 3.35. The second kappa shape index (κ2) is 4.64. The Labute approximate surface area is 112 Å². The van der Waals surface area contributed by atoms with Crippen molar-refractivity contribution in [1.29, 1.82) is 0 Å². The van der Waals surface area contributed by atoms with Gasteiger partial charge in [-0.05, 0) is 25.0 Å². The van der Waals surface area contributed by atoms with Gasteiger partial charge in [0.25, 0.3) is 0 Å². The van der Waals surface area contributed by atoms with Crippen molar-refractivity contribution >= 4 is 5.69 Å². The van der Waals surface area contributed by atoms with Gasteiger partial charge in [0, 0.05) is 6.20 Å². The molecule has 0 spiro atoms. The summed E-state index contributed by atoms with van der Waals surface area (Å²) >= 11 is 0. The number of halogens is 1. The first-order chi connectivity index (χ1) is 9.56. The molecule has 0 radical (unpaired) electrons. The first-order valence-corrected chi connectivity index (χ1v) is 6.08. The zero-order valence-corrected chi connectivity index (χ0v) is 10.3. The lowest BCUT2D eigenvalue weighted by Crippen LogP contribution is -2.31. The van der Waals surface area contributed by atoms with Crippen LogP contribution in [0.15, 0.2) is 24.5 Å². The lowest BCUT2D eigenvalue weighted by molar-refractivity contribution is -0.384. The largest absolute Gasteiger partial charge is 0.393 e. The minimum absolute atomic E-state index is 0.0884. The van der Waals surface area contributed by atoms with Crippen LogP contribution in [0.25, 0.3) is 11.4 Å². The summed E-state index contributed by atoms with van der Waals surface area (Å²) in [5.41, 5.74) is -0.517. The van der Waals surface area contributed by atoms with Crippen LogP contribution in [0.4, 0.5) is 10.1 Å². The fourth-order valence-corrected chi connectivity index (χ4v) is 2.21. The number of hydrogen-bond acceptors (Lipinski definition) is 5. The van der Waals surface area contributed by atoms with E-state index in [1.165, 1.54) is 29.2 Å². The maximum absolute atomic E-state index is 13.7. The fourth-order valence-electron chi connectivity index (χ4n) is 2.21. The number of hydrogen-bond donors (Lipinski definition) is 1. The molecule has 0 unspecified atom stereocenters. The van der Waals surface area contributed by atoms with Crippen molar-refractivity contribution in [3.63, 3.8) is 0 Å². The number of aliphatic hydroxyl groups excluding tert-OH is 1. The van der Waals surface area contributed by atoms with Gasteiger partial charge in [0.15, 0.2) is 11.5 Å². The van der Waals surface area contributed by atoms with Gasteiger partial charge in [0.05, 0.1) is 17.1 Å². The summed E-state index contributed by atoms with van der Waals surface area (Å²) in [5, 5.41) is 24.4. The summed E-state index contributed by atoms with van der Waals surface area (Å²) in [6.45, 7) is 0. The molecule has 0 atom stereocenters. The second-order valence-electron chi connectivity index (χ2n) is 4.71. The van der Waals surface area contributed by atoms with Gasteiger partial charge in [-0.3, -0.25) is 19.8 Å². The maximum atomic E-state index is 13.7. The van der Waals surface area contributed by atoms with Crippen LogP contribution in [0.2, 0.25) is 0 Å². The average molecular weight is 278 g/mol. The van der Waals surface area contributed by atoms with E-state index in [0.29, 0.717) is 12.8 Å². The first kappa shape index (κ1) is 12.7. The molecular formula is C12H11FN4O3. The molecule has 2 heterocycles. The van der Waals surface area contributed by atoms with E-state index in [1.54, 1.807) is 0 Å². The third-order valence-electron chi connectivity index (χ3n) is 3.35. The van der Waals surface area contributed by atoms with E-state index in [2.05, 4.69) is 10.1 Å². The molecule has 0 saturated heterocycles. The van der Waals surface area contributed by atoms with Crippen molar-refractivity contribution in [3.05, 3.63) is 40.5 Å². The average Bonchev–Trinajstić information content (AvgIpc) is 2.80. The van der Waals surface area contributed by atoms with Crippen molar-refractivity contribution in [2.75, 3.05) is 0 Å². The molecule has 1 fully saturated rings. The lowest BCUT2D eigenvalue weighted by atomic mass is 9.90. The highest BCUT2D eigenvalue weighted by molar-refractivity contribution is 5.65. The van der Waals surface area contributed by atoms with Crippen LogP contribution in [0.1, 0.15) is 18.9 Å². The summed E-state index contributed by atoms with van der Waals surface area (Å²) in [4.78, 5) is 14.3. The zero-order chi connectivity index (χ0) is 14.3. The molecule has 1 aliphatic carbocycles. The maximum Gasteiger partial charge on any atom is 0.316 e. The predicted octanol–water partition coefficient (Wildman–Crippen LogP) is 1.69. The summed E-state index contributed by atoms with van der Waals surface area (Å²) < 4.78 is 15.1. The van der Waals surface area contributed by atoms with E-state index in [4.69, 9.17) is 0 Å². The Balaban J connectivity index is 2.05. The topological polar surface area (TPSA) is 94.1 Å². The molecule has 0 aromatic carbocycles. The molecule has 0 aliphatic heterocycles. The summed E-state index contributed by atoms with van der Waals surface area (Å²) in [5.74, 6) is -0.658. The molecule has 3 rings (SSSR count). The Morgan fingerprint density at radius 2 is 2.20 bits per heavy atom. The lowest BCUT2D eigenvalue weighted by Gasteiger charge is -2.31. The van der Waals surface area contributed by atoms with Crippen LogP contribution in [-0.4, -0.2) is 30.9 Å². The zero-order valence-electron chi connectivity index (χ0n) is 10.3. The first-order valence-electron chi connectivity index (χ1n) is 6.08. The predicted molar refractivity (Wildman–Crippen MR) is 66.3 cm³/mol. The highest BCUT2D eigenvalue weighted by Crippen LogP contribution is 2.36. The normalized spacial score (nSPS) is 21.5. The quantitative estimate of drug-likeness (QED) is 0.681. The number of aliphatic hydroxyl groups is 1. The number of aromatic nitrogens is 3. The summed E-state index contributed by atoms with van der Waals surface area (Å²) in [6, 6.07) is 2.49. The van der Waals surface area contributed by atoms with Crippen LogP contribution in [-0.2, 0) is 0 Å². The highest BCUT2D eigenvalue weighted by atomic mass is 19.1. The number of nitro groups is 1. The molecule has 0 amide bonds. The van der Waals surface area contributed by atoms with Crippen molar-refractivity contribution in [1.82, 2.24) is 14.8 Å². The second-order valence-corrected chi connectivity index (χ2v) is 4.71. The Morgan fingerprint density at radius 3 is 2.80 bits per heavy atom. The van der Waals surface area contributed by atoms with E-state index in [0.717, 1.165) is 0 Å². The molecule has 1 saturated carbocycles. The molecule has 8 heteroatoms. The van der Waals surface area contributed by atoms with Gasteiger partial charge in [-0.1, -0.05) is 0 Å². The minimum atomic E-state index is -0.658. The third kappa shape index (κ3) is 2.03. The Hall–Kier alpha value is -2.35. The molecule has 2 aromatic rings. The smallest absolute Gasteiger partial charge is 0.316 e. The van der Waals surface area contributed by atoms with E-state index < -0.39 is 16.8 Å². The van der Waals surface area contributed by atoms with Gasteiger partial charge in [-0.15, -0.1) is 0 Å². The van der Waals surface area contributed by atoms with E-state index in [1.807, 2.05) is 0 Å². The van der Waals surface area contributed by atoms with Gasteiger partial charge in [-0.2, -0.15) is 5.10 Å². The summed E-state index contributed by atoms with van der Waals surface area (Å²) in [6.07, 6.45) is 3.19. The van der Waals surface area contributed by atoms with Gasteiger partial charge in [0.2, 0.25) is 0 Å². The SMILES string of the molecule is O=[N+]([O-])c1cn(C2CC(O)C2)nc1-c1ncccc1F. The van der Waals surface area contributed by atoms with Crippen LogP contribution in [0.5, 0.6) is 0 Å². The number of rotatable bonds is 3. The van der Waals surface area contributed by atoms with Crippen LogP contribution >= 0.6 is 0 Å². The van der Waals surface area contributed by atoms with E-state index in [9.17, 15) is 19.6 Å². The number of pyridine rings is 1. The van der Waals surface area contributed by atoms with E-state index in [-0.39, 0.29) is 23.1 Å². The molecule has 1 N–H and O–H groups in total. The Kier molecular flexibility index (Phi) is 2.94. The van der Waals surface area contributed by atoms with Gasteiger partial charge in [-0.25, -0.2) is 4.39 Å². The van der Waals surface area contributed by atoms with Crippen molar-refractivity contribution < 1.29 is 14.4 Å². The van der Waals surface area contributed by atoms with E-state index >= 15 is 0 Å². The standard InChI is InChI=1S/C12H11FN4O3/c13-9-2-1-3-14-11(9)12-10(17(19)20)6-16(15-12)7-4-8(18)5-7/h1-3,6-8,18H,4-5H2. The van der Waals surface area contributed by atoms with Crippen molar-refractivity contribution in [2.45, 2.75) is 25.0 Å². The van der Waals surface area contributed by atoms with Gasteiger partial charge in [0.1, 0.15) is 11.9 Å². The fraction of sp³-hybridized carbons (Fsp3) is 0.333. The molecule has 1 aliphatic rings. The van der Waals surface area contributed by atoms with Crippen molar-refractivity contribution in [2.24, 2.45) is 0 Å². The highest BCUT2D eigenvalue weighted by Gasteiger charge is 2.33. The molecule has 0 bridgehead atoms. The summed E-state index contributed by atoms with van der Waals surface area (Å²) in [7, 11) is 0. The molecule has 104 valence electrons. The van der Waals surface area contributed by atoms with Crippen LogP contribution in [0, 0.1) is 15.9 Å². The molecule has 20 heavy (non-hydrogen) atoms. The minimum Gasteiger partial charge on any atom is -0.393 e. The Bertz CT molecular complexity index is 666. The number of nitrogens with zero attached hydrogens (tertiary/aromatic N) is 4. The van der Waals surface area contributed by atoms with Gasteiger partial charge >= 0.3 is 5.69 Å².